The van der Waals surface area contributed by atoms with Crippen LogP contribution in [0.4, 0.5) is 26.3 Å². The summed E-state index contributed by atoms with van der Waals surface area (Å²) in [5.41, 5.74) is -0.0704. The smallest absolute Gasteiger partial charge is 0.447 e. The van der Waals surface area contributed by atoms with Crippen molar-refractivity contribution in [1.82, 2.24) is 20.8 Å². The number of hydrogen-bond donors (Lipinski definition) is 2. The Hall–Kier alpha value is -2.78. The maximum atomic E-state index is 12.5. The largest absolute Gasteiger partial charge is 0.573 e. The average Bonchev–Trinajstić information content (AvgIpc) is 3.20. The lowest BCUT2D eigenvalue weighted by molar-refractivity contribution is -0.325. The molecule has 2 heterocycles. The first-order valence-corrected chi connectivity index (χ1v) is 10.0. The first-order valence-electron chi connectivity index (χ1n) is 9.66. The zero-order chi connectivity index (χ0) is 24.9. The minimum Gasteiger partial charge on any atom is -0.447 e. The number of alkyl halides is 6. The molecule has 0 saturated carbocycles. The molecule has 1 aliphatic heterocycles. The number of nitrogens with one attached hydrogen (secondary N) is 2. The number of rotatable bonds is 8. The van der Waals surface area contributed by atoms with Crippen LogP contribution in [0.25, 0.3) is 0 Å². The third-order valence-corrected chi connectivity index (χ3v) is 4.78. The van der Waals surface area contributed by atoms with E-state index >= 15 is 0 Å². The van der Waals surface area contributed by atoms with E-state index < -0.39 is 43.6 Å². The Bertz CT molecular complexity index is 978. The van der Waals surface area contributed by atoms with E-state index in [1.54, 1.807) is 0 Å². The summed E-state index contributed by atoms with van der Waals surface area (Å²) in [6.07, 6.45) is -9.16. The van der Waals surface area contributed by atoms with Crippen LogP contribution in [0.2, 0.25) is 5.02 Å². The number of hydrogen-bond acceptors (Lipinski definition) is 8. The van der Waals surface area contributed by atoms with Crippen LogP contribution in [-0.2, 0) is 4.74 Å². The Morgan fingerprint density at radius 3 is 2.56 bits per heavy atom. The van der Waals surface area contributed by atoms with E-state index in [0.29, 0.717) is 12.8 Å². The van der Waals surface area contributed by atoms with Gasteiger partial charge in [-0.1, -0.05) is 16.7 Å². The highest BCUT2D eigenvalue weighted by Gasteiger charge is 2.33. The van der Waals surface area contributed by atoms with Gasteiger partial charge in [0.15, 0.2) is 0 Å². The highest BCUT2D eigenvalue weighted by molar-refractivity contribution is 6.32. The number of aromatic nitrogens is 2. The SMILES string of the molecule is O=C(N[C@H]1CC[C@H](c2nnc(OCCOC(F)(F)F)o2)NC1)c1ccc(Cl)c(OC(F)(F)F)c1. The molecule has 2 N–H and O–H groups in total. The van der Waals surface area contributed by atoms with Gasteiger partial charge in [0.25, 0.3) is 5.91 Å². The molecule has 1 saturated heterocycles. The number of amides is 1. The Morgan fingerprint density at radius 2 is 1.91 bits per heavy atom. The highest BCUT2D eigenvalue weighted by Crippen LogP contribution is 2.31. The molecule has 3 rings (SSSR count). The summed E-state index contributed by atoms with van der Waals surface area (Å²) >= 11 is 5.68. The Balaban J connectivity index is 1.47. The van der Waals surface area contributed by atoms with Gasteiger partial charge in [-0.2, -0.15) is 0 Å². The van der Waals surface area contributed by atoms with Crippen molar-refractivity contribution in [3.05, 3.63) is 34.7 Å². The third-order valence-electron chi connectivity index (χ3n) is 4.46. The van der Waals surface area contributed by atoms with Crippen molar-refractivity contribution in [1.29, 1.82) is 0 Å². The zero-order valence-corrected chi connectivity index (χ0v) is 17.8. The van der Waals surface area contributed by atoms with Crippen molar-refractivity contribution < 1.29 is 49.8 Å². The van der Waals surface area contributed by atoms with Crippen LogP contribution >= 0.6 is 11.6 Å². The van der Waals surface area contributed by atoms with Gasteiger partial charge in [-0.05, 0) is 31.0 Å². The van der Waals surface area contributed by atoms with Gasteiger partial charge < -0.3 is 24.5 Å². The first kappa shape index (κ1) is 25.8. The molecule has 2 aromatic rings. The van der Waals surface area contributed by atoms with Crippen molar-refractivity contribution in [2.75, 3.05) is 19.8 Å². The molecule has 2 atom stereocenters. The standard InChI is InChI=1S/C18H17ClF6N4O5/c19-11-3-1-9(7-13(11)34-18(23,24)25)14(30)27-10-2-4-12(26-8-10)15-28-29-16(33-15)31-5-6-32-17(20,21)22/h1,3,7,10,12,26H,2,4-6,8H2,(H,27,30)/t10-,12+/m0/s1. The molecule has 16 heteroatoms. The Labute approximate surface area is 192 Å². The molecule has 1 fully saturated rings. The predicted molar refractivity (Wildman–Crippen MR) is 101 cm³/mol. The Morgan fingerprint density at radius 1 is 1.15 bits per heavy atom. The van der Waals surface area contributed by atoms with Crippen LogP contribution in [0.3, 0.4) is 0 Å². The summed E-state index contributed by atoms with van der Waals surface area (Å²) in [5, 5.41) is 12.8. The predicted octanol–water partition coefficient (Wildman–Crippen LogP) is 3.76. The van der Waals surface area contributed by atoms with E-state index in [-0.39, 0.29) is 35.1 Å². The summed E-state index contributed by atoms with van der Waals surface area (Å²) in [6.45, 7) is -0.927. The van der Waals surface area contributed by atoms with Gasteiger partial charge in [-0.3, -0.25) is 9.53 Å². The Kier molecular flexibility index (Phi) is 8.09. The van der Waals surface area contributed by atoms with E-state index in [4.69, 9.17) is 20.8 Å². The molecule has 188 valence electrons. The second kappa shape index (κ2) is 10.7. The van der Waals surface area contributed by atoms with Crippen molar-refractivity contribution in [2.45, 2.75) is 37.7 Å². The van der Waals surface area contributed by atoms with Gasteiger partial charge in [0.1, 0.15) is 12.4 Å². The normalized spacial score (nSPS) is 19.0. The van der Waals surface area contributed by atoms with Crippen LogP contribution in [-0.4, -0.2) is 54.6 Å². The van der Waals surface area contributed by atoms with Crippen LogP contribution in [0.5, 0.6) is 11.8 Å². The van der Waals surface area contributed by atoms with Crippen molar-refractivity contribution in [2.24, 2.45) is 0 Å². The minimum atomic E-state index is -4.96. The molecule has 34 heavy (non-hydrogen) atoms. The molecule has 1 aliphatic rings. The summed E-state index contributed by atoms with van der Waals surface area (Å²) in [6, 6.07) is 2.53. The van der Waals surface area contributed by atoms with Crippen molar-refractivity contribution >= 4 is 17.5 Å². The fourth-order valence-corrected chi connectivity index (χ4v) is 3.17. The second-order valence-corrected chi connectivity index (χ2v) is 7.36. The van der Waals surface area contributed by atoms with Crippen LogP contribution in [0.15, 0.2) is 22.6 Å². The number of piperidine rings is 1. The van der Waals surface area contributed by atoms with Gasteiger partial charge in [-0.15, -0.1) is 31.4 Å². The lowest BCUT2D eigenvalue weighted by atomic mass is 10.0. The quantitative estimate of drug-likeness (QED) is 0.402. The first-order chi connectivity index (χ1) is 15.9. The molecule has 1 aromatic carbocycles. The second-order valence-electron chi connectivity index (χ2n) is 6.95. The van der Waals surface area contributed by atoms with Crippen LogP contribution in [0.1, 0.15) is 35.1 Å². The molecule has 0 bridgehead atoms. The van der Waals surface area contributed by atoms with Gasteiger partial charge in [0.2, 0.25) is 5.89 Å². The molecule has 0 aliphatic carbocycles. The summed E-state index contributed by atoms with van der Waals surface area (Å²) in [4.78, 5) is 12.4. The van der Waals surface area contributed by atoms with E-state index in [1.165, 1.54) is 6.07 Å². The molecular weight excluding hydrogens is 502 g/mol. The number of halogens is 7. The number of nitrogens with zero attached hydrogens (tertiary/aromatic N) is 2. The van der Waals surface area contributed by atoms with Crippen molar-refractivity contribution in [3.63, 3.8) is 0 Å². The molecule has 1 aromatic heterocycles. The van der Waals surface area contributed by atoms with Crippen LogP contribution < -0.4 is 20.1 Å². The van der Waals surface area contributed by atoms with E-state index in [2.05, 4.69) is 30.3 Å². The summed E-state index contributed by atoms with van der Waals surface area (Å²) in [5.74, 6) is -1.17. The maximum absolute atomic E-state index is 12.5. The summed E-state index contributed by atoms with van der Waals surface area (Å²) in [7, 11) is 0. The van der Waals surface area contributed by atoms with Gasteiger partial charge >= 0.3 is 18.8 Å². The highest BCUT2D eigenvalue weighted by atomic mass is 35.5. The van der Waals surface area contributed by atoms with Gasteiger partial charge in [0.05, 0.1) is 17.7 Å². The fourth-order valence-electron chi connectivity index (χ4n) is 3.01. The maximum Gasteiger partial charge on any atom is 0.573 e. The minimum absolute atomic E-state index is 0.0704. The number of ether oxygens (including phenoxy) is 3. The lowest BCUT2D eigenvalue weighted by Gasteiger charge is -2.28. The fraction of sp³-hybridized carbons (Fsp3) is 0.500. The summed E-state index contributed by atoms with van der Waals surface area (Å²) < 4.78 is 90.7. The molecule has 0 spiro atoms. The molecule has 1 amide bonds. The average molecular weight is 519 g/mol. The van der Waals surface area contributed by atoms with Crippen molar-refractivity contribution in [3.8, 4) is 11.8 Å². The number of carbonyl (C=O) groups excluding carboxylic acids is 1. The number of carbonyl (C=O) groups is 1. The van der Waals surface area contributed by atoms with E-state index in [0.717, 1.165) is 12.1 Å². The molecule has 0 radical (unpaired) electrons. The molecule has 9 nitrogen and oxygen atoms in total. The van der Waals surface area contributed by atoms with E-state index in [1.807, 2.05) is 0 Å². The monoisotopic (exact) mass is 518 g/mol. The lowest BCUT2D eigenvalue weighted by Crippen LogP contribution is -2.46. The third kappa shape index (κ3) is 7.92. The van der Waals surface area contributed by atoms with Gasteiger partial charge in [0, 0.05) is 18.2 Å². The van der Waals surface area contributed by atoms with E-state index in [9.17, 15) is 31.1 Å². The zero-order valence-electron chi connectivity index (χ0n) is 17.0. The van der Waals surface area contributed by atoms with Gasteiger partial charge in [-0.25, -0.2) is 0 Å². The van der Waals surface area contributed by atoms with Crippen LogP contribution in [0, 0.1) is 0 Å². The number of benzene rings is 1. The molecule has 0 unspecified atom stereocenters. The molecular formula is C18H17ClF6N4O5. The topological polar surface area (TPSA) is 108 Å².